The number of halogens is 1. The first-order chi connectivity index (χ1) is 14.8. The third kappa shape index (κ3) is 5.89. The topological polar surface area (TPSA) is 69.0 Å². The molecule has 0 unspecified atom stereocenters. The first-order valence-corrected chi connectivity index (χ1v) is 11.8. The van der Waals surface area contributed by atoms with Gasteiger partial charge in [0.2, 0.25) is 5.91 Å². The predicted octanol–water partition coefficient (Wildman–Crippen LogP) is 5.63. The Morgan fingerprint density at radius 1 is 1.19 bits per heavy atom. The molecule has 0 atom stereocenters. The molecule has 0 radical (unpaired) electrons. The van der Waals surface area contributed by atoms with Crippen molar-refractivity contribution in [3.63, 3.8) is 0 Å². The van der Waals surface area contributed by atoms with Gasteiger partial charge in [-0.25, -0.2) is 0 Å². The number of amides is 1. The Bertz CT molecular complexity index is 1060. The normalized spacial score (nSPS) is 11.1. The quantitative estimate of drug-likeness (QED) is 0.404. The highest BCUT2D eigenvalue weighted by Crippen LogP contribution is 2.28. The average molecular weight is 503 g/mol. The Hall–Kier alpha value is -2.32. The molecule has 1 N–H and O–H groups in total. The number of aryl methyl sites for hydroxylation is 2. The number of nitrogens with zero attached hydrogens (tertiary/aromatic N) is 3. The van der Waals surface area contributed by atoms with Crippen LogP contribution in [0.25, 0.3) is 0 Å². The number of benzene rings is 2. The molecule has 1 aromatic heterocycles. The summed E-state index contributed by atoms with van der Waals surface area (Å²) in [4.78, 5) is 12.5. The van der Waals surface area contributed by atoms with E-state index in [4.69, 9.17) is 4.74 Å². The number of hydrogen-bond donors (Lipinski definition) is 1. The summed E-state index contributed by atoms with van der Waals surface area (Å²) in [7, 11) is 1.88. The first kappa shape index (κ1) is 23.3. The van der Waals surface area contributed by atoms with Gasteiger partial charge in [0.15, 0.2) is 11.0 Å². The summed E-state index contributed by atoms with van der Waals surface area (Å²) in [6.45, 7) is 8.57. The van der Waals surface area contributed by atoms with Crippen LogP contribution < -0.4 is 10.1 Å². The van der Waals surface area contributed by atoms with E-state index < -0.39 is 0 Å². The van der Waals surface area contributed by atoms with Gasteiger partial charge in [-0.2, -0.15) is 0 Å². The minimum atomic E-state index is -0.0782. The van der Waals surface area contributed by atoms with Crippen molar-refractivity contribution >= 4 is 39.3 Å². The summed E-state index contributed by atoms with van der Waals surface area (Å²) >= 11 is 4.85. The van der Waals surface area contributed by atoms with E-state index in [-0.39, 0.29) is 11.7 Å². The van der Waals surface area contributed by atoms with E-state index in [9.17, 15) is 4.79 Å². The summed E-state index contributed by atoms with van der Waals surface area (Å²) < 4.78 is 8.85. The fourth-order valence-electron chi connectivity index (χ4n) is 3.20. The molecule has 0 bridgehead atoms. The van der Waals surface area contributed by atoms with Gasteiger partial charge in [-0.3, -0.25) is 4.79 Å². The number of carbonyl (C=O) groups excluding carboxylic acids is 1. The molecule has 1 amide bonds. The number of nitrogens with one attached hydrogen (secondary N) is 1. The van der Waals surface area contributed by atoms with Crippen molar-refractivity contribution in [1.82, 2.24) is 14.8 Å². The highest BCUT2D eigenvalue weighted by molar-refractivity contribution is 9.10. The predicted molar refractivity (Wildman–Crippen MR) is 129 cm³/mol. The number of anilines is 1. The minimum absolute atomic E-state index is 0.0782. The standard InChI is InChI=1S/C23H27BrN4O2S/c1-14(2)18-11-17(24)9-10-19(18)25-21(29)13-31-23-27-26-20(28(23)5)12-30-22-15(3)7-6-8-16(22)4/h6-11,14H,12-13H2,1-5H3,(H,25,29). The molecule has 2 aromatic carbocycles. The lowest BCUT2D eigenvalue weighted by Crippen LogP contribution is -2.16. The molecule has 0 saturated carbocycles. The van der Waals surface area contributed by atoms with E-state index in [1.165, 1.54) is 11.8 Å². The number of aromatic nitrogens is 3. The van der Waals surface area contributed by atoms with Crippen LogP contribution in [0.2, 0.25) is 0 Å². The average Bonchev–Trinajstić information content (AvgIpc) is 3.07. The number of carbonyl (C=O) groups is 1. The first-order valence-electron chi connectivity index (χ1n) is 10.1. The molecule has 0 fully saturated rings. The van der Waals surface area contributed by atoms with Crippen LogP contribution in [0.3, 0.4) is 0 Å². The summed E-state index contributed by atoms with van der Waals surface area (Å²) in [6, 6.07) is 12.0. The van der Waals surface area contributed by atoms with Gasteiger partial charge in [0, 0.05) is 17.2 Å². The molecule has 0 aliphatic heterocycles. The summed E-state index contributed by atoms with van der Waals surface area (Å²) in [5.41, 5.74) is 4.10. The summed E-state index contributed by atoms with van der Waals surface area (Å²) in [5.74, 6) is 2.05. The van der Waals surface area contributed by atoms with Crippen LogP contribution in [-0.4, -0.2) is 26.4 Å². The monoisotopic (exact) mass is 502 g/mol. The van der Waals surface area contributed by atoms with Crippen LogP contribution in [0.1, 0.15) is 42.3 Å². The van der Waals surface area contributed by atoms with Crippen molar-refractivity contribution in [1.29, 1.82) is 0 Å². The van der Waals surface area contributed by atoms with Crippen LogP contribution in [0, 0.1) is 13.8 Å². The van der Waals surface area contributed by atoms with E-state index in [2.05, 4.69) is 45.3 Å². The lowest BCUT2D eigenvalue weighted by atomic mass is 10.0. The van der Waals surface area contributed by atoms with Gasteiger partial charge in [0.05, 0.1) is 5.75 Å². The number of para-hydroxylation sites is 1. The van der Waals surface area contributed by atoms with Crippen LogP contribution in [-0.2, 0) is 18.4 Å². The van der Waals surface area contributed by atoms with Crippen molar-refractivity contribution in [3.05, 3.63) is 63.4 Å². The number of ether oxygens (including phenoxy) is 1. The maximum atomic E-state index is 12.5. The summed E-state index contributed by atoms with van der Waals surface area (Å²) in [6.07, 6.45) is 0. The van der Waals surface area contributed by atoms with Gasteiger partial charge in [0.1, 0.15) is 12.4 Å². The van der Waals surface area contributed by atoms with Crippen molar-refractivity contribution in [2.24, 2.45) is 7.05 Å². The second-order valence-electron chi connectivity index (χ2n) is 7.69. The van der Waals surface area contributed by atoms with Crippen LogP contribution in [0.4, 0.5) is 5.69 Å². The molecule has 0 aliphatic rings. The number of thioether (sulfide) groups is 1. The second kappa shape index (κ2) is 10.3. The Morgan fingerprint density at radius 3 is 2.58 bits per heavy atom. The zero-order chi connectivity index (χ0) is 22.5. The maximum Gasteiger partial charge on any atom is 0.234 e. The minimum Gasteiger partial charge on any atom is -0.485 e. The van der Waals surface area contributed by atoms with Gasteiger partial charge in [-0.1, -0.05) is 59.7 Å². The Morgan fingerprint density at radius 2 is 1.90 bits per heavy atom. The number of rotatable bonds is 8. The van der Waals surface area contributed by atoms with Gasteiger partial charge in [-0.05, 0) is 54.7 Å². The Labute approximate surface area is 195 Å². The molecule has 1 heterocycles. The molecular formula is C23H27BrN4O2S. The van der Waals surface area contributed by atoms with Crippen molar-refractivity contribution in [2.75, 3.05) is 11.1 Å². The van der Waals surface area contributed by atoms with Crippen molar-refractivity contribution in [2.45, 2.75) is 45.4 Å². The summed E-state index contributed by atoms with van der Waals surface area (Å²) in [5, 5.41) is 12.1. The molecular weight excluding hydrogens is 476 g/mol. The van der Waals surface area contributed by atoms with Gasteiger partial charge >= 0.3 is 0 Å². The third-order valence-electron chi connectivity index (χ3n) is 4.92. The van der Waals surface area contributed by atoms with Gasteiger partial charge in [-0.15, -0.1) is 10.2 Å². The van der Waals surface area contributed by atoms with Gasteiger partial charge in [0.25, 0.3) is 0 Å². The van der Waals surface area contributed by atoms with E-state index in [0.29, 0.717) is 23.5 Å². The molecule has 0 saturated heterocycles. The molecule has 8 heteroatoms. The van der Waals surface area contributed by atoms with Crippen LogP contribution in [0.5, 0.6) is 5.75 Å². The molecule has 31 heavy (non-hydrogen) atoms. The van der Waals surface area contributed by atoms with Crippen molar-refractivity contribution in [3.8, 4) is 5.75 Å². The van der Waals surface area contributed by atoms with Crippen LogP contribution in [0.15, 0.2) is 46.0 Å². The number of hydrogen-bond acceptors (Lipinski definition) is 5. The molecule has 0 spiro atoms. The molecule has 3 rings (SSSR count). The zero-order valence-electron chi connectivity index (χ0n) is 18.4. The molecule has 164 valence electrons. The maximum absolute atomic E-state index is 12.5. The second-order valence-corrected chi connectivity index (χ2v) is 9.55. The van der Waals surface area contributed by atoms with E-state index in [1.54, 1.807) is 0 Å². The van der Waals surface area contributed by atoms with E-state index in [1.807, 2.05) is 61.9 Å². The van der Waals surface area contributed by atoms with Gasteiger partial charge < -0.3 is 14.6 Å². The fourth-order valence-corrected chi connectivity index (χ4v) is 4.31. The fraction of sp³-hybridized carbons (Fsp3) is 0.348. The van der Waals surface area contributed by atoms with Crippen LogP contribution >= 0.6 is 27.7 Å². The molecule has 0 aliphatic carbocycles. The van der Waals surface area contributed by atoms with Crippen molar-refractivity contribution < 1.29 is 9.53 Å². The lowest BCUT2D eigenvalue weighted by molar-refractivity contribution is -0.113. The largest absolute Gasteiger partial charge is 0.485 e. The highest BCUT2D eigenvalue weighted by atomic mass is 79.9. The zero-order valence-corrected chi connectivity index (χ0v) is 20.8. The SMILES string of the molecule is Cc1cccc(C)c1OCc1nnc(SCC(=O)Nc2ccc(Br)cc2C(C)C)n1C. The Balaban J connectivity index is 1.59. The molecule has 6 nitrogen and oxygen atoms in total. The van der Waals surface area contributed by atoms with E-state index in [0.717, 1.165) is 32.6 Å². The highest BCUT2D eigenvalue weighted by Gasteiger charge is 2.15. The Kier molecular flexibility index (Phi) is 7.78. The molecule has 3 aromatic rings. The lowest BCUT2D eigenvalue weighted by Gasteiger charge is -2.14. The van der Waals surface area contributed by atoms with E-state index >= 15 is 0 Å². The third-order valence-corrected chi connectivity index (χ3v) is 6.44. The smallest absolute Gasteiger partial charge is 0.234 e.